The Balaban J connectivity index is 1.76. The van der Waals surface area contributed by atoms with Gasteiger partial charge in [0, 0.05) is 37.9 Å². The molecule has 0 spiro atoms. The van der Waals surface area contributed by atoms with Crippen molar-refractivity contribution in [3.63, 3.8) is 0 Å². The van der Waals surface area contributed by atoms with Crippen LogP contribution in [0.5, 0.6) is 0 Å². The molecule has 1 aromatic heterocycles. The van der Waals surface area contributed by atoms with Crippen LogP contribution in [0.4, 0.5) is 18.9 Å². The summed E-state index contributed by atoms with van der Waals surface area (Å²) in [7, 11) is 1.96. The Morgan fingerprint density at radius 1 is 1.04 bits per heavy atom. The lowest BCUT2D eigenvalue weighted by atomic mass is 10.2. The number of hydrogen-bond donors (Lipinski definition) is 1. The highest BCUT2D eigenvalue weighted by molar-refractivity contribution is 6.05. The van der Waals surface area contributed by atoms with Gasteiger partial charge in [-0.25, -0.2) is 13.2 Å². The number of likely N-dealkylation sites (N-methyl/N-ethyl adjacent to an activating group) is 1. The van der Waals surface area contributed by atoms with Gasteiger partial charge in [0.2, 0.25) is 0 Å². The Kier molecular flexibility index (Phi) is 5.41. The minimum atomic E-state index is -1.67. The lowest BCUT2D eigenvalue weighted by Crippen LogP contribution is -2.47. The fourth-order valence-electron chi connectivity index (χ4n) is 2.68. The highest BCUT2D eigenvalue weighted by Gasteiger charge is 2.22. The minimum Gasteiger partial charge on any atom is -0.335 e. The molecule has 1 aliphatic rings. The summed E-state index contributed by atoms with van der Waals surface area (Å²) in [6.45, 7) is 2.57. The summed E-state index contributed by atoms with van der Waals surface area (Å²) in [5.41, 5.74) is -0.368. The standard InChI is InChI=1S/C18H17F3N4O2/c1-24-6-8-25(9-7-24)18(27)14-10-11(4-5-22-14)17(26)23-13-3-2-12(19)15(20)16(13)21/h2-5,10H,6-9H2,1H3,(H,23,26). The predicted molar refractivity (Wildman–Crippen MR) is 91.9 cm³/mol. The third kappa shape index (κ3) is 4.08. The molecule has 0 bridgehead atoms. The zero-order valence-electron chi connectivity index (χ0n) is 14.5. The molecule has 1 aliphatic heterocycles. The fraction of sp³-hybridized carbons (Fsp3) is 0.278. The summed E-state index contributed by atoms with van der Waals surface area (Å²) in [6, 6.07) is 4.26. The number of carbonyl (C=O) groups excluding carboxylic acids is 2. The predicted octanol–water partition coefficient (Wildman–Crippen LogP) is 2.14. The highest BCUT2D eigenvalue weighted by atomic mass is 19.2. The average molecular weight is 378 g/mol. The normalized spacial score (nSPS) is 14.9. The van der Waals surface area contributed by atoms with E-state index in [1.54, 1.807) is 4.90 Å². The lowest BCUT2D eigenvalue weighted by Gasteiger charge is -2.32. The van der Waals surface area contributed by atoms with E-state index in [-0.39, 0.29) is 17.2 Å². The van der Waals surface area contributed by atoms with E-state index in [1.165, 1.54) is 18.3 Å². The molecule has 3 rings (SSSR count). The SMILES string of the molecule is CN1CCN(C(=O)c2cc(C(=O)Nc3ccc(F)c(F)c3F)ccn2)CC1. The number of piperazine rings is 1. The molecule has 2 amide bonds. The number of hydrogen-bond acceptors (Lipinski definition) is 4. The number of amides is 2. The van der Waals surface area contributed by atoms with E-state index >= 15 is 0 Å². The second kappa shape index (κ2) is 7.75. The van der Waals surface area contributed by atoms with Gasteiger partial charge in [0.15, 0.2) is 17.5 Å². The third-order valence-electron chi connectivity index (χ3n) is 4.32. The Morgan fingerprint density at radius 3 is 2.44 bits per heavy atom. The summed E-state index contributed by atoms with van der Waals surface area (Å²) in [6.07, 6.45) is 1.29. The maximum atomic E-state index is 13.7. The lowest BCUT2D eigenvalue weighted by molar-refractivity contribution is 0.0658. The van der Waals surface area contributed by atoms with Crippen LogP contribution in [0, 0.1) is 17.5 Å². The van der Waals surface area contributed by atoms with Crippen LogP contribution in [-0.4, -0.2) is 59.8 Å². The van der Waals surface area contributed by atoms with Crippen molar-refractivity contribution in [2.45, 2.75) is 0 Å². The number of carbonyl (C=O) groups is 2. The van der Waals surface area contributed by atoms with Crippen molar-refractivity contribution in [3.8, 4) is 0 Å². The number of pyridine rings is 1. The number of nitrogens with zero attached hydrogens (tertiary/aromatic N) is 3. The molecule has 0 radical (unpaired) electrons. The van der Waals surface area contributed by atoms with Gasteiger partial charge in [0.05, 0.1) is 5.69 Å². The zero-order chi connectivity index (χ0) is 19.6. The van der Waals surface area contributed by atoms with Crippen LogP contribution in [0.1, 0.15) is 20.8 Å². The first-order valence-corrected chi connectivity index (χ1v) is 8.25. The Bertz CT molecular complexity index is 883. The van der Waals surface area contributed by atoms with E-state index in [1.807, 2.05) is 7.05 Å². The fourth-order valence-corrected chi connectivity index (χ4v) is 2.68. The van der Waals surface area contributed by atoms with Crippen LogP contribution in [0.25, 0.3) is 0 Å². The maximum absolute atomic E-state index is 13.7. The van der Waals surface area contributed by atoms with Gasteiger partial charge < -0.3 is 15.1 Å². The molecule has 0 unspecified atom stereocenters. The van der Waals surface area contributed by atoms with Crippen molar-refractivity contribution in [2.24, 2.45) is 0 Å². The summed E-state index contributed by atoms with van der Waals surface area (Å²) in [5.74, 6) is -5.60. The quantitative estimate of drug-likeness (QED) is 0.832. The van der Waals surface area contributed by atoms with Crippen LogP contribution in [0.3, 0.4) is 0 Å². The summed E-state index contributed by atoms with van der Waals surface area (Å²) < 4.78 is 40.0. The van der Waals surface area contributed by atoms with Gasteiger partial charge in [-0.15, -0.1) is 0 Å². The number of halogens is 3. The van der Waals surface area contributed by atoms with Gasteiger partial charge in [0.1, 0.15) is 5.69 Å². The Hall–Kier alpha value is -2.94. The third-order valence-corrected chi connectivity index (χ3v) is 4.32. The van der Waals surface area contributed by atoms with Gasteiger partial charge in [-0.2, -0.15) is 0 Å². The second-order valence-electron chi connectivity index (χ2n) is 6.20. The van der Waals surface area contributed by atoms with E-state index in [0.717, 1.165) is 19.2 Å². The number of rotatable bonds is 3. The van der Waals surface area contributed by atoms with Gasteiger partial charge in [-0.3, -0.25) is 14.6 Å². The largest absolute Gasteiger partial charge is 0.335 e. The van der Waals surface area contributed by atoms with Crippen LogP contribution in [-0.2, 0) is 0 Å². The van der Waals surface area contributed by atoms with Crippen molar-refractivity contribution in [2.75, 3.05) is 38.5 Å². The molecule has 1 N–H and O–H groups in total. The molecule has 27 heavy (non-hydrogen) atoms. The molecule has 1 saturated heterocycles. The van der Waals surface area contributed by atoms with Gasteiger partial charge in [-0.05, 0) is 31.3 Å². The highest BCUT2D eigenvalue weighted by Crippen LogP contribution is 2.20. The van der Waals surface area contributed by atoms with Crippen LogP contribution in [0.15, 0.2) is 30.5 Å². The van der Waals surface area contributed by atoms with Crippen LogP contribution in [0.2, 0.25) is 0 Å². The molecule has 9 heteroatoms. The molecular formula is C18H17F3N4O2. The first kappa shape index (κ1) is 18.8. The first-order valence-electron chi connectivity index (χ1n) is 8.25. The molecule has 2 heterocycles. The van der Waals surface area contributed by atoms with Crippen LogP contribution < -0.4 is 5.32 Å². The smallest absolute Gasteiger partial charge is 0.272 e. The van der Waals surface area contributed by atoms with Crippen molar-refractivity contribution in [1.29, 1.82) is 0 Å². The van der Waals surface area contributed by atoms with Gasteiger partial charge in [-0.1, -0.05) is 0 Å². The van der Waals surface area contributed by atoms with E-state index in [4.69, 9.17) is 0 Å². The first-order chi connectivity index (χ1) is 12.9. The van der Waals surface area contributed by atoms with E-state index < -0.39 is 29.0 Å². The number of anilines is 1. The molecule has 1 fully saturated rings. The van der Waals surface area contributed by atoms with E-state index in [2.05, 4.69) is 15.2 Å². The molecule has 6 nitrogen and oxygen atoms in total. The van der Waals surface area contributed by atoms with Crippen molar-refractivity contribution in [3.05, 3.63) is 59.2 Å². The maximum Gasteiger partial charge on any atom is 0.272 e. The number of benzene rings is 1. The molecule has 0 aliphatic carbocycles. The molecule has 0 saturated carbocycles. The van der Waals surface area contributed by atoms with Gasteiger partial charge in [0.25, 0.3) is 11.8 Å². The Labute approximate surface area is 153 Å². The summed E-state index contributed by atoms with van der Waals surface area (Å²) in [5, 5.41) is 2.17. The van der Waals surface area contributed by atoms with Gasteiger partial charge >= 0.3 is 0 Å². The van der Waals surface area contributed by atoms with Crippen molar-refractivity contribution < 1.29 is 22.8 Å². The monoisotopic (exact) mass is 378 g/mol. The number of aromatic nitrogens is 1. The summed E-state index contributed by atoms with van der Waals surface area (Å²) in [4.78, 5) is 32.6. The molecule has 0 atom stereocenters. The number of nitrogens with one attached hydrogen (secondary N) is 1. The molecule has 1 aromatic carbocycles. The van der Waals surface area contributed by atoms with Crippen molar-refractivity contribution in [1.82, 2.24) is 14.8 Å². The Morgan fingerprint density at radius 2 is 1.74 bits per heavy atom. The topological polar surface area (TPSA) is 65.5 Å². The molecule has 2 aromatic rings. The molecular weight excluding hydrogens is 361 g/mol. The summed E-state index contributed by atoms with van der Waals surface area (Å²) >= 11 is 0. The zero-order valence-corrected chi connectivity index (χ0v) is 14.5. The van der Waals surface area contributed by atoms with Crippen molar-refractivity contribution >= 4 is 17.5 Å². The minimum absolute atomic E-state index is 0.0478. The van der Waals surface area contributed by atoms with E-state index in [0.29, 0.717) is 19.2 Å². The average Bonchev–Trinajstić information content (AvgIpc) is 2.68. The second-order valence-corrected chi connectivity index (χ2v) is 6.20. The van der Waals surface area contributed by atoms with Crippen LogP contribution >= 0.6 is 0 Å². The van der Waals surface area contributed by atoms with E-state index in [9.17, 15) is 22.8 Å². The molecule has 142 valence electrons.